The molecule has 0 aliphatic carbocycles. The Morgan fingerprint density at radius 3 is 2.25 bits per heavy atom. The molecule has 0 spiro atoms. The predicted octanol–water partition coefficient (Wildman–Crippen LogP) is 2.18. The van der Waals surface area contributed by atoms with Crippen LogP contribution in [0.3, 0.4) is 0 Å². The second-order valence-corrected chi connectivity index (χ2v) is 10.1. The van der Waals surface area contributed by atoms with Crippen molar-refractivity contribution >= 4 is 38.0 Å². The van der Waals surface area contributed by atoms with Crippen molar-refractivity contribution in [2.75, 3.05) is 5.32 Å². The van der Waals surface area contributed by atoms with E-state index in [0.717, 1.165) is 6.07 Å². The third-order valence-electron chi connectivity index (χ3n) is 3.53. The molecule has 2 amide bonds. The van der Waals surface area contributed by atoms with Crippen LogP contribution in [-0.4, -0.2) is 37.0 Å². The number of anilines is 1. The number of carbonyl (C=O) groups is 2. The van der Waals surface area contributed by atoms with Gasteiger partial charge in [0, 0.05) is 0 Å². The van der Waals surface area contributed by atoms with Gasteiger partial charge in [-0.3, -0.25) is 9.59 Å². The Labute approximate surface area is 167 Å². The van der Waals surface area contributed by atoms with Gasteiger partial charge in [-0.15, -0.1) is 11.3 Å². The van der Waals surface area contributed by atoms with Gasteiger partial charge in [-0.25, -0.2) is 8.42 Å². The maximum atomic E-state index is 12.9. The van der Waals surface area contributed by atoms with Gasteiger partial charge in [0.25, 0.3) is 11.8 Å². The quantitative estimate of drug-likeness (QED) is 0.621. The number of aliphatic hydroxyl groups is 1. The fourth-order valence-corrected chi connectivity index (χ4v) is 4.89. The SMILES string of the molecule is CC(C)Oc1ccc(S(=O)(=O)c2cc(C(N)=O)c(NC(=O)C(C)(C)O)s2)cc1. The van der Waals surface area contributed by atoms with Crippen molar-refractivity contribution in [1.29, 1.82) is 0 Å². The highest BCUT2D eigenvalue weighted by molar-refractivity contribution is 7.93. The van der Waals surface area contributed by atoms with Crippen molar-refractivity contribution in [1.82, 2.24) is 0 Å². The van der Waals surface area contributed by atoms with E-state index in [1.165, 1.54) is 38.1 Å². The summed E-state index contributed by atoms with van der Waals surface area (Å²) in [4.78, 5) is 23.7. The van der Waals surface area contributed by atoms with Crippen LogP contribution in [0.25, 0.3) is 0 Å². The molecule has 0 atom stereocenters. The third kappa shape index (κ3) is 4.89. The molecule has 0 saturated carbocycles. The molecule has 0 aliphatic heterocycles. The van der Waals surface area contributed by atoms with Gasteiger partial charge in [0.15, 0.2) is 0 Å². The Balaban J connectivity index is 2.42. The van der Waals surface area contributed by atoms with E-state index in [1.54, 1.807) is 0 Å². The largest absolute Gasteiger partial charge is 0.491 e. The fourth-order valence-electron chi connectivity index (χ4n) is 2.12. The standard InChI is InChI=1S/C18H22N2O6S2/c1-10(2)26-11-5-7-12(8-6-11)28(24,25)14-9-13(15(19)21)16(27-14)20-17(22)18(3,4)23/h5-10,23H,1-4H3,(H2,19,21)(H,20,22). The van der Waals surface area contributed by atoms with Gasteiger partial charge in [-0.05, 0) is 58.0 Å². The maximum Gasteiger partial charge on any atom is 0.256 e. The molecule has 1 aromatic heterocycles. The molecule has 4 N–H and O–H groups in total. The molecule has 8 nitrogen and oxygen atoms in total. The summed E-state index contributed by atoms with van der Waals surface area (Å²) in [7, 11) is -3.95. The molecule has 0 fully saturated rings. The maximum absolute atomic E-state index is 12.9. The highest BCUT2D eigenvalue weighted by Crippen LogP contribution is 2.35. The van der Waals surface area contributed by atoms with Crippen LogP contribution in [0.15, 0.2) is 39.4 Å². The zero-order valence-corrected chi connectivity index (χ0v) is 17.5. The number of hydrogen-bond donors (Lipinski definition) is 3. The smallest absolute Gasteiger partial charge is 0.256 e. The summed E-state index contributed by atoms with van der Waals surface area (Å²) in [5, 5.41) is 12.1. The van der Waals surface area contributed by atoms with E-state index in [0.29, 0.717) is 17.1 Å². The van der Waals surface area contributed by atoms with Crippen LogP contribution in [0.2, 0.25) is 0 Å². The Bertz CT molecular complexity index is 986. The van der Waals surface area contributed by atoms with Crippen molar-refractivity contribution in [3.05, 3.63) is 35.9 Å². The van der Waals surface area contributed by atoms with Crippen molar-refractivity contribution in [3.8, 4) is 5.75 Å². The lowest BCUT2D eigenvalue weighted by molar-refractivity contribution is -0.130. The molecule has 10 heteroatoms. The molecule has 0 bridgehead atoms. The lowest BCUT2D eigenvalue weighted by Crippen LogP contribution is -2.36. The van der Waals surface area contributed by atoms with Crippen LogP contribution in [0.4, 0.5) is 5.00 Å². The van der Waals surface area contributed by atoms with E-state index >= 15 is 0 Å². The first-order valence-corrected chi connectivity index (χ1v) is 10.6. The first kappa shape index (κ1) is 21.9. The van der Waals surface area contributed by atoms with Crippen LogP contribution in [0.1, 0.15) is 38.1 Å². The highest BCUT2D eigenvalue weighted by Gasteiger charge is 2.29. The Hall–Kier alpha value is -2.43. The number of rotatable bonds is 7. The highest BCUT2D eigenvalue weighted by atomic mass is 32.2. The van der Waals surface area contributed by atoms with E-state index < -0.39 is 27.3 Å². The average Bonchev–Trinajstić information content (AvgIpc) is 2.99. The monoisotopic (exact) mass is 426 g/mol. The molecule has 0 radical (unpaired) electrons. The van der Waals surface area contributed by atoms with Gasteiger partial charge in [-0.2, -0.15) is 0 Å². The molecule has 152 valence electrons. The first-order valence-electron chi connectivity index (χ1n) is 8.31. The van der Waals surface area contributed by atoms with Gasteiger partial charge >= 0.3 is 0 Å². The molecule has 1 heterocycles. The van der Waals surface area contributed by atoms with Crippen LogP contribution >= 0.6 is 11.3 Å². The van der Waals surface area contributed by atoms with Crippen molar-refractivity contribution in [2.45, 2.75) is 48.5 Å². The lowest BCUT2D eigenvalue weighted by atomic mass is 10.1. The fraction of sp³-hybridized carbons (Fsp3) is 0.333. The number of nitrogens with two attached hydrogens (primary N) is 1. The Kier molecular flexibility index (Phi) is 6.17. The van der Waals surface area contributed by atoms with Gasteiger partial charge in [0.2, 0.25) is 9.84 Å². The van der Waals surface area contributed by atoms with Gasteiger partial charge in [-0.1, -0.05) is 0 Å². The summed E-state index contributed by atoms with van der Waals surface area (Å²) in [6, 6.07) is 6.97. The van der Waals surface area contributed by atoms with E-state index in [1.807, 2.05) is 13.8 Å². The Morgan fingerprint density at radius 1 is 1.21 bits per heavy atom. The van der Waals surface area contributed by atoms with E-state index in [-0.39, 0.29) is 25.8 Å². The first-order chi connectivity index (χ1) is 12.8. The predicted molar refractivity (Wildman–Crippen MR) is 105 cm³/mol. The molecular weight excluding hydrogens is 404 g/mol. The average molecular weight is 427 g/mol. The third-order valence-corrected chi connectivity index (χ3v) is 6.82. The minimum absolute atomic E-state index is 0.00115. The van der Waals surface area contributed by atoms with Crippen molar-refractivity contribution in [2.24, 2.45) is 5.73 Å². The van der Waals surface area contributed by atoms with Crippen molar-refractivity contribution in [3.63, 3.8) is 0 Å². The summed E-state index contributed by atoms with van der Waals surface area (Å²) in [6.07, 6.45) is -0.0557. The number of nitrogens with one attached hydrogen (secondary N) is 1. The van der Waals surface area contributed by atoms with Crippen LogP contribution in [0.5, 0.6) is 5.75 Å². The number of hydrogen-bond acceptors (Lipinski definition) is 7. The van der Waals surface area contributed by atoms with E-state index in [2.05, 4.69) is 5.32 Å². The number of sulfone groups is 1. The minimum Gasteiger partial charge on any atom is -0.491 e. The van der Waals surface area contributed by atoms with Crippen LogP contribution in [0, 0.1) is 0 Å². The van der Waals surface area contributed by atoms with Crippen LogP contribution in [-0.2, 0) is 14.6 Å². The number of primary amides is 1. The number of thiophene rings is 1. The molecular formula is C18H22N2O6S2. The summed E-state index contributed by atoms with van der Waals surface area (Å²) >= 11 is 0.686. The molecule has 2 aromatic rings. The molecule has 0 unspecified atom stereocenters. The molecule has 0 aliphatic rings. The normalized spacial score (nSPS) is 12.1. The zero-order chi connectivity index (χ0) is 21.3. The van der Waals surface area contributed by atoms with Gasteiger partial charge < -0.3 is 20.9 Å². The van der Waals surface area contributed by atoms with E-state index in [4.69, 9.17) is 10.5 Å². The molecule has 28 heavy (non-hydrogen) atoms. The Morgan fingerprint density at radius 2 is 1.79 bits per heavy atom. The molecule has 0 saturated heterocycles. The number of ether oxygens (including phenoxy) is 1. The summed E-state index contributed by atoms with van der Waals surface area (Å²) in [5.41, 5.74) is 3.43. The number of carbonyl (C=O) groups excluding carboxylic acids is 2. The second-order valence-electron chi connectivity index (χ2n) is 6.83. The summed E-state index contributed by atoms with van der Waals surface area (Å²) < 4.78 is 31.1. The topological polar surface area (TPSA) is 136 Å². The van der Waals surface area contributed by atoms with Gasteiger partial charge in [0.1, 0.15) is 20.6 Å². The molecule has 1 aromatic carbocycles. The molecule has 2 rings (SSSR count). The summed E-state index contributed by atoms with van der Waals surface area (Å²) in [6.45, 7) is 6.23. The van der Waals surface area contributed by atoms with Crippen molar-refractivity contribution < 1.29 is 27.9 Å². The second kappa shape index (κ2) is 7.90. The zero-order valence-electron chi connectivity index (χ0n) is 15.8. The summed E-state index contributed by atoms with van der Waals surface area (Å²) in [5.74, 6) is -1.17. The van der Waals surface area contributed by atoms with Gasteiger partial charge in [0.05, 0.1) is 16.6 Å². The number of benzene rings is 1. The lowest BCUT2D eigenvalue weighted by Gasteiger charge is -2.16. The van der Waals surface area contributed by atoms with E-state index in [9.17, 15) is 23.1 Å². The number of amides is 2. The van der Waals surface area contributed by atoms with Crippen LogP contribution < -0.4 is 15.8 Å². The minimum atomic E-state index is -3.95.